The molecule has 3 aromatic rings. The number of carbonyl (C=O) groups excluding carboxylic acids is 1. The molecule has 0 bridgehead atoms. The average molecular weight is 582 g/mol. The molecule has 4 heterocycles. The minimum atomic E-state index is -0.233. The van der Waals surface area contributed by atoms with Crippen molar-refractivity contribution in [2.45, 2.75) is 32.0 Å². The van der Waals surface area contributed by atoms with E-state index in [1.807, 2.05) is 0 Å². The van der Waals surface area contributed by atoms with Gasteiger partial charge in [-0.2, -0.15) is 9.97 Å². The quantitative estimate of drug-likeness (QED) is 0.281. The van der Waals surface area contributed by atoms with Gasteiger partial charge in [-0.3, -0.25) is 9.69 Å². The highest BCUT2D eigenvalue weighted by atomic mass is 16.5. The maximum Gasteiger partial charge on any atom is 0.318 e. The molecule has 1 aromatic heterocycles. The summed E-state index contributed by atoms with van der Waals surface area (Å²) in [5, 5.41) is 2.50. The Morgan fingerprint density at radius 2 is 2.00 bits per heavy atom. The lowest BCUT2D eigenvalue weighted by molar-refractivity contribution is -0.128. The molecule has 2 aromatic carbocycles. The molecular formula is C33H39N7O3. The molecule has 0 radical (unpaired) electrons. The molecule has 43 heavy (non-hydrogen) atoms. The topological polar surface area (TPSA) is 78.6 Å². The predicted octanol–water partition coefficient (Wildman–Crippen LogP) is 3.33. The monoisotopic (exact) mass is 581 g/mol. The Morgan fingerprint density at radius 1 is 1.19 bits per heavy atom. The van der Waals surface area contributed by atoms with E-state index in [-0.39, 0.29) is 18.5 Å². The summed E-state index contributed by atoms with van der Waals surface area (Å²) in [5.41, 5.74) is 4.55. The summed E-state index contributed by atoms with van der Waals surface area (Å²) in [4.78, 5) is 34.7. The van der Waals surface area contributed by atoms with Crippen LogP contribution in [-0.2, 0) is 22.5 Å². The first-order valence-electron chi connectivity index (χ1n) is 15.0. The van der Waals surface area contributed by atoms with E-state index in [2.05, 4.69) is 76.5 Å². The molecule has 3 aliphatic rings. The van der Waals surface area contributed by atoms with Crippen LogP contribution in [-0.4, -0.2) is 104 Å². The van der Waals surface area contributed by atoms with Gasteiger partial charge in [0.15, 0.2) is 0 Å². The first-order chi connectivity index (χ1) is 21.0. The lowest BCUT2D eigenvalue weighted by Gasteiger charge is -2.41. The molecule has 0 unspecified atom stereocenters. The third kappa shape index (κ3) is 5.88. The number of hydrogen-bond donors (Lipinski definition) is 0. The molecule has 0 saturated carbocycles. The third-order valence-corrected chi connectivity index (χ3v) is 8.92. The van der Waals surface area contributed by atoms with Gasteiger partial charge in [-0.05, 0) is 43.5 Å². The zero-order chi connectivity index (χ0) is 29.9. The Kier molecular flexibility index (Phi) is 8.45. The predicted molar refractivity (Wildman–Crippen MR) is 168 cm³/mol. The zero-order valence-electron chi connectivity index (χ0n) is 25.0. The highest BCUT2D eigenvalue weighted by Gasteiger charge is 2.35. The SMILES string of the molecule is [C-]#[N+]C[C@H]1CN(c2nc(OCCN(C)C3COC3)nc3c2CCN(c2cccc4cccc(C)c24)C3)CCN1C(=O)C=C. The number of fused-ring (bicyclic) bond motifs is 2. The van der Waals surface area contributed by atoms with Gasteiger partial charge >= 0.3 is 6.01 Å². The molecule has 3 aliphatic heterocycles. The largest absolute Gasteiger partial charge is 0.462 e. The number of likely N-dealkylation sites (N-methyl/N-ethyl adjacent to an activating group) is 1. The van der Waals surface area contributed by atoms with E-state index in [0.29, 0.717) is 44.8 Å². The van der Waals surface area contributed by atoms with Crippen LogP contribution in [0, 0.1) is 13.5 Å². The van der Waals surface area contributed by atoms with Gasteiger partial charge in [-0.25, -0.2) is 6.57 Å². The van der Waals surface area contributed by atoms with Gasteiger partial charge in [-0.1, -0.05) is 36.9 Å². The van der Waals surface area contributed by atoms with Crippen LogP contribution in [0.25, 0.3) is 15.6 Å². The highest BCUT2D eigenvalue weighted by Crippen LogP contribution is 2.35. The second-order valence-corrected chi connectivity index (χ2v) is 11.6. The highest BCUT2D eigenvalue weighted by molar-refractivity contribution is 5.97. The molecule has 10 nitrogen and oxygen atoms in total. The summed E-state index contributed by atoms with van der Waals surface area (Å²) in [6.45, 7) is 19.4. The fourth-order valence-corrected chi connectivity index (χ4v) is 6.35. The standard InChI is InChI=1S/C33H39N7O3/c1-5-30(41)40-15-14-39(19-25(40)18-34-3)32-27-12-13-38(29-11-7-10-24-9-6-8-23(2)31(24)29)20-28(27)35-33(36-32)43-17-16-37(4)26-21-42-22-26/h5-11,25-26H,1,12-22H2,2,4H3/t25-/m0/s1. The van der Waals surface area contributed by atoms with Crippen molar-refractivity contribution < 1.29 is 14.3 Å². The first kappa shape index (κ1) is 28.9. The number of carbonyl (C=O) groups is 1. The van der Waals surface area contributed by atoms with E-state index in [4.69, 9.17) is 26.0 Å². The number of aromatic nitrogens is 2. The first-order valence-corrected chi connectivity index (χ1v) is 15.0. The second kappa shape index (κ2) is 12.6. The number of rotatable bonds is 9. The van der Waals surface area contributed by atoms with Crippen molar-refractivity contribution in [3.05, 3.63) is 77.3 Å². The Morgan fingerprint density at radius 3 is 2.74 bits per heavy atom. The average Bonchev–Trinajstić information content (AvgIpc) is 2.99. The van der Waals surface area contributed by atoms with E-state index in [0.717, 1.165) is 49.8 Å². The van der Waals surface area contributed by atoms with E-state index < -0.39 is 0 Å². The van der Waals surface area contributed by atoms with E-state index >= 15 is 0 Å². The Labute approximate surface area is 253 Å². The molecule has 6 rings (SSSR count). The second-order valence-electron chi connectivity index (χ2n) is 11.6. The van der Waals surface area contributed by atoms with Crippen LogP contribution in [0.3, 0.4) is 0 Å². The van der Waals surface area contributed by atoms with Crippen molar-refractivity contribution in [3.63, 3.8) is 0 Å². The summed E-state index contributed by atoms with van der Waals surface area (Å²) >= 11 is 0. The number of piperazine rings is 1. The molecular weight excluding hydrogens is 542 g/mol. The molecule has 2 fully saturated rings. The van der Waals surface area contributed by atoms with E-state index in [9.17, 15) is 4.79 Å². The van der Waals surface area contributed by atoms with Gasteiger partial charge in [-0.15, -0.1) is 0 Å². The van der Waals surface area contributed by atoms with Crippen LogP contribution < -0.4 is 14.5 Å². The van der Waals surface area contributed by atoms with Crippen LogP contribution in [0.2, 0.25) is 0 Å². The van der Waals surface area contributed by atoms with Gasteiger partial charge in [0.2, 0.25) is 12.5 Å². The molecule has 0 aliphatic carbocycles. The van der Waals surface area contributed by atoms with Crippen molar-refractivity contribution in [1.29, 1.82) is 0 Å². The molecule has 224 valence electrons. The maximum atomic E-state index is 12.5. The fraction of sp³-hybridized carbons (Fsp3) is 0.455. The maximum absolute atomic E-state index is 12.5. The zero-order valence-corrected chi connectivity index (χ0v) is 25.0. The van der Waals surface area contributed by atoms with Crippen LogP contribution in [0.15, 0.2) is 49.1 Å². The number of nitrogens with zero attached hydrogens (tertiary/aromatic N) is 7. The molecule has 10 heteroatoms. The number of anilines is 2. The summed E-state index contributed by atoms with van der Waals surface area (Å²) in [5.74, 6) is 0.722. The van der Waals surface area contributed by atoms with Gasteiger partial charge in [0.05, 0.1) is 31.5 Å². The number of aryl methyl sites for hydroxylation is 1. The van der Waals surface area contributed by atoms with Crippen LogP contribution in [0.5, 0.6) is 6.01 Å². The van der Waals surface area contributed by atoms with E-state index in [1.54, 1.807) is 4.90 Å². The van der Waals surface area contributed by atoms with Crippen molar-refractivity contribution in [2.24, 2.45) is 0 Å². The summed E-state index contributed by atoms with van der Waals surface area (Å²) < 4.78 is 11.5. The van der Waals surface area contributed by atoms with Crippen LogP contribution in [0.4, 0.5) is 11.5 Å². The number of amides is 1. The number of hydrogen-bond acceptors (Lipinski definition) is 8. The lowest BCUT2D eigenvalue weighted by Crippen LogP contribution is -2.56. The van der Waals surface area contributed by atoms with Crippen molar-refractivity contribution in [1.82, 2.24) is 19.8 Å². The third-order valence-electron chi connectivity index (χ3n) is 8.92. The summed E-state index contributed by atoms with van der Waals surface area (Å²) in [6, 6.07) is 13.5. The fourth-order valence-electron chi connectivity index (χ4n) is 6.35. The van der Waals surface area contributed by atoms with Crippen molar-refractivity contribution in [2.75, 3.05) is 75.9 Å². The molecule has 1 atom stereocenters. The minimum Gasteiger partial charge on any atom is -0.462 e. The van der Waals surface area contributed by atoms with Crippen molar-refractivity contribution in [3.8, 4) is 6.01 Å². The van der Waals surface area contributed by atoms with Gasteiger partial charge < -0.3 is 29.0 Å². The number of benzene rings is 2. The smallest absolute Gasteiger partial charge is 0.318 e. The molecule has 0 N–H and O–H groups in total. The van der Waals surface area contributed by atoms with Crippen LogP contribution in [0.1, 0.15) is 16.8 Å². The van der Waals surface area contributed by atoms with Gasteiger partial charge in [0.25, 0.3) is 0 Å². The minimum absolute atomic E-state index is 0.135. The molecule has 0 spiro atoms. The van der Waals surface area contributed by atoms with Gasteiger partial charge in [0.1, 0.15) is 18.5 Å². The van der Waals surface area contributed by atoms with E-state index in [1.165, 1.54) is 28.1 Å². The summed E-state index contributed by atoms with van der Waals surface area (Å²) in [7, 11) is 2.08. The lowest BCUT2D eigenvalue weighted by atomic mass is 9.99. The Hall–Kier alpha value is -4.20. The Bertz CT molecular complexity index is 1540. The van der Waals surface area contributed by atoms with Crippen molar-refractivity contribution >= 4 is 28.2 Å². The molecule has 1 amide bonds. The molecule has 2 saturated heterocycles. The van der Waals surface area contributed by atoms with Crippen LogP contribution >= 0.6 is 0 Å². The summed E-state index contributed by atoms with van der Waals surface area (Å²) in [6.07, 6.45) is 2.12. The van der Waals surface area contributed by atoms with Gasteiger partial charge in [0, 0.05) is 49.4 Å². The number of ether oxygens (including phenoxy) is 2. The normalized spacial score (nSPS) is 18.7. The Balaban J connectivity index is 1.30.